The van der Waals surface area contributed by atoms with Gasteiger partial charge in [-0.15, -0.1) is 0 Å². The zero-order valence-electron chi connectivity index (χ0n) is 18.3. The molecule has 166 valence electrons. The second-order valence-corrected chi connectivity index (χ2v) is 8.43. The highest BCUT2D eigenvalue weighted by atomic mass is 16.5. The number of hydrogen-bond acceptors (Lipinski definition) is 7. The number of nitrogens with zero attached hydrogens (tertiary/aromatic N) is 3. The van der Waals surface area contributed by atoms with Crippen LogP contribution in [-0.2, 0) is 4.74 Å². The maximum atomic E-state index is 13.6. The molecule has 2 aliphatic rings. The molecule has 2 N–H and O–H groups in total. The Balaban J connectivity index is 1.75. The van der Waals surface area contributed by atoms with Gasteiger partial charge in [0.25, 0.3) is 0 Å². The van der Waals surface area contributed by atoms with Crippen LogP contribution < -0.4 is 9.80 Å². The fourth-order valence-electron chi connectivity index (χ4n) is 4.59. The van der Waals surface area contributed by atoms with E-state index in [0.717, 1.165) is 35.8 Å². The van der Waals surface area contributed by atoms with E-state index in [1.54, 1.807) is 0 Å². The maximum Gasteiger partial charge on any atom is 0.182 e. The number of rotatable bonds is 7. The summed E-state index contributed by atoms with van der Waals surface area (Å²) in [5.74, 6) is 0.0636. The fraction of sp³-hybridized carbons (Fsp3) is 0.458. The highest BCUT2D eigenvalue weighted by molar-refractivity contribution is 6.05. The van der Waals surface area contributed by atoms with Gasteiger partial charge in [0.2, 0.25) is 0 Å². The summed E-state index contributed by atoms with van der Waals surface area (Å²) in [5, 5.41) is 19.4. The van der Waals surface area contributed by atoms with Crippen molar-refractivity contribution in [2.75, 3.05) is 62.4 Å². The van der Waals surface area contributed by atoms with Crippen LogP contribution in [0.2, 0.25) is 0 Å². The number of ketones is 1. The van der Waals surface area contributed by atoms with Crippen LogP contribution in [0.25, 0.3) is 0 Å². The van der Waals surface area contributed by atoms with Crippen molar-refractivity contribution in [3.63, 3.8) is 0 Å². The molecule has 2 aromatic rings. The number of para-hydroxylation sites is 2. The maximum absolute atomic E-state index is 13.6. The van der Waals surface area contributed by atoms with E-state index < -0.39 is 5.54 Å². The van der Waals surface area contributed by atoms with Gasteiger partial charge < -0.3 is 24.7 Å². The first-order valence-electron chi connectivity index (χ1n) is 10.9. The summed E-state index contributed by atoms with van der Waals surface area (Å²) in [5.41, 5.74) is 3.71. The highest BCUT2D eigenvalue weighted by Crippen LogP contribution is 2.48. The predicted octanol–water partition coefficient (Wildman–Crippen LogP) is 2.55. The second-order valence-electron chi connectivity index (χ2n) is 8.43. The van der Waals surface area contributed by atoms with E-state index in [2.05, 4.69) is 14.7 Å². The molecule has 0 unspecified atom stereocenters. The van der Waals surface area contributed by atoms with E-state index in [1.807, 2.05) is 56.3 Å². The number of fused-ring (bicyclic) bond motifs is 2. The summed E-state index contributed by atoms with van der Waals surface area (Å²) in [6, 6.07) is 13.7. The van der Waals surface area contributed by atoms with Crippen molar-refractivity contribution in [1.82, 2.24) is 4.90 Å². The van der Waals surface area contributed by atoms with E-state index in [1.165, 1.54) is 0 Å². The smallest absolute Gasteiger partial charge is 0.182 e. The Morgan fingerprint density at radius 2 is 1.45 bits per heavy atom. The summed E-state index contributed by atoms with van der Waals surface area (Å²) in [4.78, 5) is 19.9. The van der Waals surface area contributed by atoms with Crippen LogP contribution in [-0.4, -0.2) is 79.0 Å². The van der Waals surface area contributed by atoms with E-state index in [-0.39, 0.29) is 19.0 Å². The first-order valence-corrected chi connectivity index (χ1v) is 10.9. The molecule has 0 spiro atoms. The third-order valence-electron chi connectivity index (χ3n) is 6.29. The number of hydrogen-bond donors (Lipinski definition) is 2. The Morgan fingerprint density at radius 3 is 2.03 bits per heavy atom. The molecular weight excluding hydrogens is 394 g/mol. The topological polar surface area (TPSA) is 76.5 Å². The van der Waals surface area contributed by atoms with Crippen molar-refractivity contribution in [2.24, 2.45) is 0 Å². The van der Waals surface area contributed by atoms with E-state index >= 15 is 0 Å². The van der Waals surface area contributed by atoms with Crippen LogP contribution in [0.1, 0.15) is 24.2 Å². The van der Waals surface area contributed by atoms with Gasteiger partial charge in [-0.1, -0.05) is 12.1 Å². The molecule has 0 aromatic heterocycles. The number of β-amino-alcohol motifs (C(OH)–C–C–N with tert-alkyl or cyclic N) is 2. The third-order valence-corrected chi connectivity index (χ3v) is 6.29. The molecule has 2 heterocycles. The summed E-state index contributed by atoms with van der Waals surface area (Å²) in [6.07, 6.45) is 0. The first kappa shape index (κ1) is 21.8. The molecule has 7 nitrogen and oxygen atoms in total. The first-order chi connectivity index (χ1) is 15.0. The monoisotopic (exact) mass is 425 g/mol. The molecule has 7 heteroatoms. The lowest BCUT2D eigenvalue weighted by Crippen LogP contribution is -2.54. The molecule has 0 radical (unpaired) electrons. The number of Topliss-reactive ketones (excluding diaryl/α,β-unsaturated/α-hetero) is 1. The minimum Gasteiger partial charge on any atom is -0.395 e. The lowest BCUT2D eigenvalue weighted by atomic mass is 9.90. The molecular formula is C24H31N3O4. The molecule has 31 heavy (non-hydrogen) atoms. The quantitative estimate of drug-likeness (QED) is 0.660. The number of carbonyl (C=O) groups is 1. The van der Waals surface area contributed by atoms with Crippen LogP contribution in [0.5, 0.6) is 0 Å². The number of morpholine rings is 1. The molecule has 4 rings (SSSR count). The minimum absolute atomic E-state index is 0.00871. The number of aliphatic hydroxyl groups excluding tert-OH is 2. The standard InChI is InChI=1S/C24H31N3O4/c1-24(2,25-11-15-31-16-12-25)23(30)18-7-8-21-22(17-18)27(10-14-29)20-6-4-3-5-19(20)26(21)9-13-28/h3-8,17,28-29H,9-16H2,1-2H3. The van der Waals surface area contributed by atoms with Crippen LogP contribution in [0.3, 0.4) is 0 Å². The van der Waals surface area contributed by atoms with Gasteiger partial charge in [0.1, 0.15) is 0 Å². The van der Waals surface area contributed by atoms with E-state index in [0.29, 0.717) is 31.9 Å². The number of ether oxygens (including phenoxy) is 1. The van der Waals surface area contributed by atoms with Crippen molar-refractivity contribution in [3.05, 3.63) is 48.0 Å². The number of benzene rings is 2. The van der Waals surface area contributed by atoms with Crippen LogP contribution in [0.15, 0.2) is 42.5 Å². The van der Waals surface area contributed by atoms with E-state index in [4.69, 9.17) is 4.74 Å². The average molecular weight is 426 g/mol. The van der Waals surface area contributed by atoms with Gasteiger partial charge in [-0.25, -0.2) is 0 Å². The summed E-state index contributed by atoms with van der Waals surface area (Å²) < 4.78 is 5.45. The normalized spacial score (nSPS) is 16.8. The van der Waals surface area contributed by atoms with E-state index in [9.17, 15) is 15.0 Å². The molecule has 1 fully saturated rings. The Labute approximate surface area is 183 Å². The lowest BCUT2D eigenvalue weighted by Gasteiger charge is -2.41. The Morgan fingerprint density at radius 1 is 0.903 bits per heavy atom. The van der Waals surface area contributed by atoms with Gasteiger partial charge in [-0.05, 0) is 44.2 Å². The molecule has 1 saturated heterocycles. The molecule has 0 saturated carbocycles. The minimum atomic E-state index is -0.642. The summed E-state index contributed by atoms with van der Waals surface area (Å²) in [6.45, 7) is 7.55. The van der Waals surface area contributed by atoms with Crippen molar-refractivity contribution in [3.8, 4) is 0 Å². The zero-order valence-corrected chi connectivity index (χ0v) is 18.3. The molecule has 0 bridgehead atoms. The lowest BCUT2D eigenvalue weighted by molar-refractivity contribution is -0.00429. The molecule has 2 aromatic carbocycles. The summed E-state index contributed by atoms with van der Waals surface area (Å²) in [7, 11) is 0. The van der Waals surface area contributed by atoms with Crippen LogP contribution in [0, 0.1) is 0 Å². The largest absolute Gasteiger partial charge is 0.395 e. The SMILES string of the molecule is CC(C)(C(=O)c1ccc2c(c1)N(CCO)c1ccccc1N2CCO)N1CCOCC1. The molecule has 0 atom stereocenters. The van der Waals surface area contributed by atoms with Crippen molar-refractivity contribution >= 4 is 28.5 Å². The third kappa shape index (κ3) is 3.94. The Hall–Kier alpha value is -2.45. The number of carbonyl (C=O) groups excluding carboxylic acids is 1. The summed E-state index contributed by atoms with van der Waals surface area (Å²) >= 11 is 0. The van der Waals surface area contributed by atoms with Gasteiger partial charge in [0.05, 0.1) is 54.7 Å². The number of anilines is 4. The molecule has 0 aliphatic carbocycles. The highest BCUT2D eigenvalue weighted by Gasteiger charge is 2.37. The van der Waals surface area contributed by atoms with Crippen molar-refractivity contribution in [1.29, 1.82) is 0 Å². The van der Waals surface area contributed by atoms with Crippen molar-refractivity contribution < 1.29 is 19.7 Å². The fourth-order valence-corrected chi connectivity index (χ4v) is 4.59. The van der Waals surface area contributed by atoms with Gasteiger partial charge in [-0.2, -0.15) is 0 Å². The Bertz CT molecular complexity index is 940. The predicted molar refractivity (Wildman–Crippen MR) is 122 cm³/mol. The second kappa shape index (κ2) is 8.96. The average Bonchev–Trinajstić information content (AvgIpc) is 2.81. The van der Waals surface area contributed by atoms with Crippen LogP contribution in [0.4, 0.5) is 22.7 Å². The van der Waals surface area contributed by atoms with Gasteiger partial charge >= 0.3 is 0 Å². The number of aliphatic hydroxyl groups is 2. The Kier molecular flexibility index (Phi) is 6.29. The van der Waals surface area contributed by atoms with Crippen molar-refractivity contribution in [2.45, 2.75) is 19.4 Å². The van der Waals surface area contributed by atoms with Gasteiger partial charge in [0, 0.05) is 31.7 Å². The molecule has 2 aliphatic heterocycles. The molecule has 0 amide bonds. The van der Waals surface area contributed by atoms with Gasteiger partial charge in [0.15, 0.2) is 5.78 Å². The van der Waals surface area contributed by atoms with Gasteiger partial charge in [-0.3, -0.25) is 9.69 Å². The zero-order chi connectivity index (χ0) is 22.0. The van der Waals surface area contributed by atoms with Crippen LogP contribution >= 0.6 is 0 Å².